The second-order valence-electron chi connectivity index (χ2n) is 10.1. The molecule has 0 heterocycles. The minimum Gasteiger partial charge on any atom is -0.127 e. The number of benzene rings is 2. The highest BCUT2D eigenvalue weighted by Crippen LogP contribution is 2.42. The van der Waals surface area contributed by atoms with Crippen molar-refractivity contribution in [3.63, 3.8) is 0 Å². The molecule has 0 aliphatic carbocycles. The first-order valence-corrected chi connectivity index (χ1v) is 16.8. The van der Waals surface area contributed by atoms with Gasteiger partial charge in [0, 0.05) is 16.3 Å². The van der Waals surface area contributed by atoms with Gasteiger partial charge in [-0.05, 0) is 22.7 Å². The van der Waals surface area contributed by atoms with Gasteiger partial charge in [0.25, 0.3) is 0 Å². The summed E-state index contributed by atoms with van der Waals surface area (Å²) in [5, 5.41) is 1.47. The van der Waals surface area contributed by atoms with Gasteiger partial charge in [-0.25, -0.2) is 0 Å². The van der Waals surface area contributed by atoms with E-state index in [1.807, 2.05) is 18.2 Å². The average molecular weight is 415 g/mol. The van der Waals surface area contributed by atoms with Gasteiger partial charge in [0.1, 0.15) is 8.07 Å². The molecule has 150 valence electrons. The van der Waals surface area contributed by atoms with E-state index in [1.54, 1.807) is 0 Å². The van der Waals surface area contributed by atoms with E-state index in [2.05, 4.69) is 119 Å². The molecule has 2 aromatic rings. The lowest BCUT2D eigenvalue weighted by Crippen LogP contribution is -2.40. The average Bonchev–Trinajstić information content (AvgIpc) is 2.64. The highest BCUT2D eigenvalue weighted by Gasteiger charge is 2.40. The summed E-state index contributed by atoms with van der Waals surface area (Å²) in [4.78, 5) is 0. The fourth-order valence-corrected chi connectivity index (χ4v) is 5.28. The van der Waals surface area contributed by atoms with Crippen LogP contribution in [0.4, 0.5) is 0 Å². The topological polar surface area (TPSA) is 0 Å². The van der Waals surface area contributed by atoms with Crippen LogP contribution in [0.5, 0.6) is 0 Å². The zero-order chi connectivity index (χ0) is 21.7. The lowest BCUT2D eigenvalue weighted by molar-refractivity contribution is 0.727. The standard InChI is InChI=1S/C27H34Si2/c1-27(2,3)29(7,8)26(21-22-28(4,5)6)25(24-17-13-10-14-18-24)20-19-23-15-11-9-12-16-23/h9-18H,1-8H3/b26-25-. The van der Waals surface area contributed by atoms with Crippen LogP contribution >= 0.6 is 0 Å². The maximum Gasteiger partial charge on any atom is 0.129 e. The molecule has 2 heteroatoms. The number of hydrogen-bond acceptors (Lipinski definition) is 0. The van der Waals surface area contributed by atoms with Crippen LogP contribution in [0.3, 0.4) is 0 Å². The van der Waals surface area contributed by atoms with E-state index in [-0.39, 0.29) is 5.04 Å². The van der Waals surface area contributed by atoms with Crippen LogP contribution in [-0.2, 0) is 0 Å². The molecular weight excluding hydrogens is 380 g/mol. The molecule has 0 saturated carbocycles. The van der Waals surface area contributed by atoms with E-state index in [4.69, 9.17) is 0 Å². The van der Waals surface area contributed by atoms with Crippen LogP contribution in [-0.4, -0.2) is 16.1 Å². The van der Waals surface area contributed by atoms with E-state index >= 15 is 0 Å². The monoisotopic (exact) mass is 414 g/mol. The summed E-state index contributed by atoms with van der Waals surface area (Å²) in [6, 6.07) is 20.8. The number of allylic oxidation sites excluding steroid dienone is 2. The maximum atomic E-state index is 3.69. The van der Waals surface area contributed by atoms with E-state index < -0.39 is 16.1 Å². The van der Waals surface area contributed by atoms with Crippen molar-refractivity contribution < 1.29 is 0 Å². The SMILES string of the molecule is CC(C)(C)[Si](C)(C)/C(C#C[Si](C)(C)C)=C(/C#Cc1ccccc1)c1ccccc1. The molecule has 0 nitrogen and oxygen atoms in total. The summed E-state index contributed by atoms with van der Waals surface area (Å²) in [6.07, 6.45) is 0. The third-order valence-electron chi connectivity index (χ3n) is 5.48. The Bertz CT molecular complexity index is 975. The summed E-state index contributed by atoms with van der Waals surface area (Å²) < 4.78 is 0. The molecule has 29 heavy (non-hydrogen) atoms. The number of rotatable bonds is 2. The van der Waals surface area contributed by atoms with Crippen molar-refractivity contribution in [3.05, 3.63) is 77.0 Å². The Kier molecular flexibility index (Phi) is 7.17. The van der Waals surface area contributed by atoms with Gasteiger partial charge in [0.05, 0.1) is 8.07 Å². The van der Waals surface area contributed by atoms with E-state index in [1.165, 1.54) is 10.8 Å². The van der Waals surface area contributed by atoms with Gasteiger partial charge in [-0.3, -0.25) is 0 Å². The summed E-state index contributed by atoms with van der Waals surface area (Å²) in [5.74, 6) is 10.6. The molecule has 2 aromatic carbocycles. The fourth-order valence-electron chi connectivity index (χ4n) is 2.70. The molecule has 0 spiro atoms. The zero-order valence-electron chi connectivity index (χ0n) is 19.3. The summed E-state index contributed by atoms with van der Waals surface area (Å²) in [5.41, 5.74) is 6.95. The van der Waals surface area contributed by atoms with Crippen LogP contribution in [0.1, 0.15) is 31.9 Å². The van der Waals surface area contributed by atoms with Gasteiger partial charge in [-0.1, -0.05) is 120 Å². The third kappa shape index (κ3) is 6.36. The first-order chi connectivity index (χ1) is 13.4. The molecular formula is C27H34Si2. The van der Waals surface area contributed by atoms with Crippen LogP contribution in [0.15, 0.2) is 65.9 Å². The first-order valence-electron chi connectivity index (χ1n) is 10.3. The highest BCUT2D eigenvalue weighted by molar-refractivity contribution is 6.89. The predicted octanol–water partition coefficient (Wildman–Crippen LogP) is 7.42. The van der Waals surface area contributed by atoms with Crippen LogP contribution in [0, 0.1) is 23.3 Å². The highest BCUT2D eigenvalue weighted by atomic mass is 28.3. The molecule has 0 aromatic heterocycles. The lowest BCUT2D eigenvalue weighted by Gasteiger charge is -2.38. The van der Waals surface area contributed by atoms with Gasteiger partial charge in [0.2, 0.25) is 0 Å². The minimum absolute atomic E-state index is 0.185. The van der Waals surface area contributed by atoms with Crippen molar-refractivity contribution in [2.45, 2.75) is 58.5 Å². The molecule has 0 N–H and O–H groups in total. The molecule has 0 saturated heterocycles. The Labute approximate surface area is 180 Å². The molecule has 0 atom stereocenters. The van der Waals surface area contributed by atoms with Gasteiger partial charge in [0.15, 0.2) is 0 Å². The zero-order valence-corrected chi connectivity index (χ0v) is 21.3. The smallest absolute Gasteiger partial charge is 0.127 e. The summed E-state index contributed by atoms with van der Waals surface area (Å²) >= 11 is 0. The molecule has 0 amide bonds. The molecule has 0 radical (unpaired) electrons. The number of hydrogen-bond donors (Lipinski definition) is 0. The molecule has 0 unspecified atom stereocenters. The summed E-state index contributed by atoms with van der Waals surface area (Å²) in [6.45, 7) is 18.8. The van der Waals surface area contributed by atoms with Crippen LogP contribution in [0.2, 0.25) is 37.8 Å². The van der Waals surface area contributed by atoms with Crippen molar-refractivity contribution in [2.24, 2.45) is 0 Å². The molecule has 2 rings (SSSR count). The van der Waals surface area contributed by atoms with Gasteiger partial charge in [-0.2, -0.15) is 0 Å². The molecule has 0 aliphatic heterocycles. The van der Waals surface area contributed by atoms with Gasteiger partial charge >= 0.3 is 0 Å². The minimum atomic E-state index is -1.89. The second-order valence-corrected chi connectivity index (χ2v) is 20.1. The Morgan fingerprint density at radius 1 is 0.724 bits per heavy atom. The normalized spacial score (nSPS) is 12.8. The van der Waals surface area contributed by atoms with Gasteiger partial charge < -0.3 is 0 Å². The Morgan fingerprint density at radius 3 is 1.72 bits per heavy atom. The van der Waals surface area contributed by atoms with Crippen molar-refractivity contribution in [3.8, 4) is 23.3 Å². The predicted molar refractivity (Wildman–Crippen MR) is 135 cm³/mol. The van der Waals surface area contributed by atoms with Crippen molar-refractivity contribution >= 4 is 21.7 Å². The Balaban J connectivity index is 2.85. The van der Waals surface area contributed by atoms with Crippen molar-refractivity contribution in [1.29, 1.82) is 0 Å². The molecule has 0 fully saturated rings. The van der Waals surface area contributed by atoms with Gasteiger partial charge in [-0.15, -0.1) is 5.54 Å². The quantitative estimate of drug-likeness (QED) is 0.354. The lowest BCUT2D eigenvalue weighted by atomic mass is 10.1. The van der Waals surface area contributed by atoms with E-state index in [0.29, 0.717) is 0 Å². The second kappa shape index (κ2) is 9.04. The molecule has 0 bridgehead atoms. The van der Waals surface area contributed by atoms with Crippen LogP contribution < -0.4 is 0 Å². The first kappa shape index (κ1) is 23.0. The van der Waals surface area contributed by atoms with Crippen LogP contribution in [0.25, 0.3) is 5.57 Å². The fraction of sp³-hybridized carbons (Fsp3) is 0.333. The van der Waals surface area contributed by atoms with E-state index in [9.17, 15) is 0 Å². The Morgan fingerprint density at radius 2 is 1.24 bits per heavy atom. The molecule has 0 aliphatic rings. The Hall–Kier alpha value is -2.27. The largest absolute Gasteiger partial charge is 0.129 e. The third-order valence-corrected chi connectivity index (χ3v) is 11.7. The van der Waals surface area contributed by atoms with Crippen molar-refractivity contribution in [2.75, 3.05) is 0 Å². The summed E-state index contributed by atoms with van der Waals surface area (Å²) in [7, 11) is -3.41. The maximum absolute atomic E-state index is 3.69. The van der Waals surface area contributed by atoms with E-state index in [0.717, 1.165) is 11.1 Å². The van der Waals surface area contributed by atoms with Crippen molar-refractivity contribution in [1.82, 2.24) is 0 Å².